The third-order valence-corrected chi connectivity index (χ3v) is 4.30. The number of alkyl halides is 3. The first-order valence-electron chi connectivity index (χ1n) is 7.74. The van der Waals surface area contributed by atoms with E-state index in [0.717, 1.165) is 16.7 Å². The Kier molecular flexibility index (Phi) is 5.34. The lowest BCUT2D eigenvalue weighted by Gasteiger charge is -2.31. The molecule has 6 heteroatoms. The van der Waals surface area contributed by atoms with Crippen molar-refractivity contribution < 1.29 is 22.7 Å². The van der Waals surface area contributed by atoms with Crippen LogP contribution in [0.2, 0.25) is 0 Å². The Morgan fingerprint density at radius 2 is 1.83 bits per heavy atom. The molecule has 0 aromatic heterocycles. The molecule has 0 saturated carbocycles. The van der Waals surface area contributed by atoms with Gasteiger partial charge in [0.15, 0.2) is 0 Å². The summed E-state index contributed by atoms with van der Waals surface area (Å²) in [6.45, 7) is 5.40. The average Bonchev–Trinajstić information content (AvgIpc) is 2.43. The SMILES string of the molecule is Cc1cc(C)c(C)c(OC(=O)C2CCN(CC(F)(F)F)CC2)c1. The number of hydrogen-bond acceptors (Lipinski definition) is 3. The van der Waals surface area contributed by atoms with Crippen molar-refractivity contribution >= 4 is 5.97 Å². The van der Waals surface area contributed by atoms with E-state index in [4.69, 9.17) is 4.74 Å². The van der Waals surface area contributed by atoms with Gasteiger partial charge in [-0.1, -0.05) is 6.07 Å². The van der Waals surface area contributed by atoms with Crippen molar-refractivity contribution in [2.75, 3.05) is 19.6 Å². The van der Waals surface area contributed by atoms with Crippen molar-refractivity contribution in [2.24, 2.45) is 5.92 Å². The number of carbonyl (C=O) groups is 1. The lowest BCUT2D eigenvalue weighted by atomic mass is 9.97. The van der Waals surface area contributed by atoms with Gasteiger partial charge in [0.25, 0.3) is 0 Å². The molecule has 23 heavy (non-hydrogen) atoms. The largest absolute Gasteiger partial charge is 0.426 e. The van der Waals surface area contributed by atoms with Crippen molar-refractivity contribution in [2.45, 2.75) is 39.8 Å². The van der Waals surface area contributed by atoms with Crippen LogP contribution in [0.15, 0.2) is 12.1 Å². The van der Waals surface area contributed by atoms with E-state index in [1.807, 2.05) is 32.9 Å². The molecule has 0 spiro atoms. The minimum absolute atomic E-state index is 0.269. The van der Waals surface area contributed by atoms with Gasteiger partial charge in [0.1, 0.15) is 5.75 Å². The molecule has 1 saturated heterocycles. The van der Waals surface area contributed by atoms with Crippen LogP contribution >= 0.6 is 0 Å². The number of ether oxygens (including phenoxy) is 1. The Morgan fingerprint density at radius 1 is 1.22 bits per heavy atom. The van der Waals surface area contributed by atoms with Crippen LogP contribution < -0.4 is 4.74 Å². The fraction of sp³-hybridized carbons (Fsp3) is 0.588. The van der Waals surface area contributed by atoms with Crippen LogP contribution in [0.1, 0.15) is 29.5 Å². The molecule has 1 fully saturated rings. The van der Waals surface area contributed by atoms with E-state index >= 15 is 0 Å². The van der Waals surface area contributed by atoms with Crippen LogP contribution in [-0.2, 0) is 4.79 Å². The summed E-state index contributed by atoms with van der Waals surface area (Å²) in [5.74, 6) is -0.130. The summed E-state index contributed by atoms with van der Waals surface area (Å²) in [6.07, 6.45) is -3.39. The molecule has 128 valence electrons. The molecular weight excluding hydrogens is 307 g/mol. The van der Waals surface area contributed by atoms with Gasteiger partial charge in [-0.15, -0.1) is 0 Å². The molecule has 0 N–H and O–H groups in total. The highest BCUT2D eigenvalue weighted by molar-refractivity contribution is 5.75. The molecule has 2 rings (SSSR count). The number of halogens is 3. The Bertz CT molecular complexity index is 576. The number of aryl methyl sites for hydroxylation is 2. The van der Waals surface area contributed by atoms with Crippen LogP contribution in [0.3, 0.4) is 0 Å². The highest BCUT2D eigenvalue weighted by Gasteiger charge is 2.34. The second-order valence-corrected chi connectivity index (χ2v) is 6.29. The maximum atomic E-state index is 12.4. The van der Waals surface area contributed by atoms with Crippen molar-refractivity contribution in [3.63, 3.8) is 0 Å². The number of piperidine rings is 1. The lowest BCUT2D eigenvalue weighted by molar-refractivity contribution is -0.151. The van der Waals surface area contributed by atoms with Crippen LogP contribution in [0.25, 0.3) is 0 Å². The highest BCUT2D eigenvalue weighted by atomic mass is 19.4. The number of hydrogen-bond donors (Lipinski definition) is 0. The molecule has 1 aromatic carbocycles. The van der Waals surface area contributed by atoms with Crippen LogP contribution in [0.5, 0.6) is 5.75 Å². The zero-order valence-electron chi connectivity index (χ0n) is 13.7. The summed E-state index contributed by atoms with van der Waals surface area (Å²) < 4.78 is 42.6. The molecule has 1 aliphatic rings. The molecule has 0 amide bonds. The molecule has 0 radical (unpaired) electrons. The molecule has 0 atom stereocenters. The molecule has 0 unspecified atom stereocenters. The number of nitrogens with zero attached hydrogens (tertiary/aromatic N) is 1. The fourth-order valence-corrected chi connectivity index (χ4v) is 2.88. The molecule has 3 nitrogen and oxygen atoms in total. The highest BCUT2D eigenvalue weighted by Crippen LogP contribution is 2.27. The van der Waals surface area contributed by atoms with Gasteiger partial charge in [-0.25, -0.2) is 0 Å². The van der Waals surface area contributed by atoms with Gasteiger partial charge in [0.05, 0.1) is 12.5 Å². The molecule has 1 heterocycles. The van der Waals surface area contributed by atoms with E-state index in [9.17, 15) is 18.0 Å². The lowest BCUT2D eigenvalue weighted by Crippen LogP contribution is -2.42. The molecule has 0 aliphatic carbocycles. The predicted molar refractivity (Wildman–Crippen MR) is 81.5 cm³/mol. The summed E-state index contributed by atoms with van der Waals surface area (Å²) in [7, 11) is 0. The minimum Gasteiger partial charge on any atom is -0.426 e. The van der Waals surface area contributed by atoms with Crippen molar-refractivity contribution in [1.29, 1.82) is 0 Å². The smallest absolute Gasteiger partial charge is 0.401 e. The molecule has 1 aliphatic heterocycles. The topological polar surface area (TPSA) is 29.5 Å². The summed E-state index contributed by atoms with van der Waals surface area (Å²) >= 11 is 0. The minimum atomic E-state index is -4.19. The maximum Gasteiger partial charge on any atom is 0.401 e. The molecule has 1 aromatic rings. The van der Waals surface area contributed by atoms with E-state index in [-0.39, 0.29) is 25.0 Å². The van der Waals surface area contributed by atoms with Crippen molar-refractivity contribution in [3.05, 3.63) is 28.8 Å². The number of esters is 1. The van der Waals surface area contributed by atoms with Gasteiger partial charge in [-0.2, -0.15) is 13.2 Å². The first-order chi connectivity index (χ1) is 10.7. The summed E-state index contributed by atoms with van der Waals surface area (Å²) in [6, 6.07) is 3.83. The van der Waals surface area contributed by atoms with Crippen molar-refractivity contribution in [1.82, 2.24) is 4.90 Å². The normalized spacial score (nSPS) is 17.3. The first-order valence-corrected chi connectivity index (χ1v) is 7.74. The van der Waals surface area contributed by atoms with Gasteiger partial charge in [-0.3, -0.25) is 9.69 Å². The van der Waals surface area contributed by atoms with Crippen LogP contribution in [0, 0.1) is 26.7 Å². The monoisotopic (exact) mass is 329 g/mol. The standard InChI is InChI=1S/C17H22F3NO2/c1-11-8-12(2)13(3)15(9-11)23-16(22)14-4-6-21(7-5-14)10-17(18,19)20/h8-9,14H,4-7,10H2,1-3H3. The van der Waals surface area contributed by atoms with E-state index < -0.39 is 12.7 Å². The number of benzene rings is 1. The Hall–Kier alpha value is -1.56. The van der Waals surface area contributed by atoms with E-state index in [2.05, 4.69) is 0 Å². The molecule has 0 bridgehead atoms. The van der Waals surface area contributed by atoms with Gasteiger partial charge >= 0.3 is 12.1 Å². The Labute approximate surface area is 134 Å². The third-order valence-electron chi connectivity index (χ3n) is 4.30. The fourth-order valence-electron chi connectivity index (χ4n) is 2.88. The predicted octanol–water partition coefficient (Wildman–Crippen LogP) is 3.79. The Balaban J connectivity index is 1.93. The summed E-state index contributed by atoms with van der Waals surface area (Å²) in [5.41, 5.74) is 2.97. The van der Waals surface area contributed by atoms with Gasteiger partial charge in [0.2, 0.25) is 0 Å². The van der Waals surface area contributed by atoms with Gasteiger partial charge < -0.3 is 4.74 Å². The van der Waals surface area contributed by atoms with Crippen molar-refractivity contribution in [3.8, 4) is 5.75 Å². The average molecular weight is 329 g/mol. The van der Waals surface area contributed by atoms with Crippen LogP contribution in [-0.4, -0.2) is 36.7 Å². The summed E-state index contributed by atoms with van der Waals surface area (Å²) in [5, 5.41) is 0. The first kappa shape index (κ1) is 17.8. The van der Waals surface area contributed by atoms with E-state index in [1.54, 1.807) is 0 Å². The molecular formula is C17H22F3NO2. The Morgan fingerprint density at radius 3 is 2.39 bits per heavy atom. The van der Waals surface area contributed by atoms with E-state index in [1.165, 1.54) is 4.90 Å². The van der Waals surface area contributed by atoms with Gasteiger partial charge in [0, 0.05) is 0 Å². The van der Waals surface area contributed by atoms with Gasteiger partial charge in [-0.05, 0) is 69.5 Å². The number of rotatable bonds is 3. The zero-order valence-corrected chi connectivity index (χ0v) is 13.7. The number of likely N-dealkylation sites (tertiary alicyclic amines) is 1. The van der Waals surface area contributed by atoms with E-state index in [0.29, 0.717) is 18.6 Å². The second-order valence-electron chi connectivity index (χ2n) is 6.29. The maximum absolute atomic E-state index is 12.4. The second kappa shape index (κ2) is 6.91. The van der Waals surface area contributed by atoms with Crippen LogP contribution in [0.4, 0.5) is 13.2 Å². The number of carbonyl (C=O) groups excluding carboxylic acids is 1. The third kappa shape index (κ3) is 4.96. The zero-order chi connectivity index (χ0) is 17.2. The quantitative estimate of drug-likeness (QED) is 0.624. The summed E-state index contributed by atoms with van der Waals surface area (Å²) in [4.78, 5) is 13.6.